The Hall–Kier alpha value is -4.64. The second-order valence-corrected chi connectivity index (χ2v) is 7.00. The summed E-state index contributed by atoms with van der Waals surface area (Å²) >= 11 is 0. The van der Waals surface area contributed by atoms with Gasteiger partial charge in [-0.2, -0.15) is 0 Å². The topological polar surface area (TPSA) is 172 Å². The molecule has 0 unspecified atom stereocenters. The summed E-state index contributed by atoms with van der Waals surface area (Å²) in [6.07, 6.45) is 4.17. The van der Waals surface area contributed by atoms with Gasteiger partial charge in [0.1, 0.15) is 36.0 Å². The molecule has 0 aliphatic rings. The number of carbonyl (C=O) groups excluding carboxylic acids is 2. The zero-order valence-electron chi connectivity index (χ0n) is 19.2. The highest BCUT2D eigenvalue weighted by atomic mass is 16.6. The number of hydrogen-bond donors (Lipinski definition) is 3. The summed E-state index contributed by atoms with van der Waals surface area (Å²) in [6.45, 7) is 2.68. The zero-order chi connectivity index (χ0) is 26.5. The van der Waals surface area contributed by atoms with Gasteiger partial charge in [-0.15, -0.1) is 0 Å². The van der Waals surface area contributed by atoms with E-state index >= 15 is 0 Å². The normalized spacial score (nSPS) is 10.5. The van der Waals surface area contributed by atoms with Gasteiger partial charge in [-0.1, -0.05) is 24.8 Å². The highest BCUT2D eigenvalue weighted by molar-refractivity contribution is 6.09. The molecular formula is C25H25NO10. The van der Waals surface area contributed by atoms with E-state index in [1.807, 2.05) is 0 Å². The van der Waals surface area contributed by atoms with Crippen LogP contribution in [-0.4, -0.2) is 66.9 Å². The van der Waals surface area contributed by atoms with E-state index in [1.54, 1.807) is 12.1 Å². The van der Waals surface area contributed by atoms with Gasteiger partial charge in [0.2, 0.25) is 0 Å². The Labute approximate surface area is 206 Å². The van der Waals surface area contributed by atoms with Crippen LogP contribution in [0.2, 0.25) is 0 Å². The van der Waals surface area contributed by atoms with Crippen molar-refractivity contribution in [3.05, 3.63) is 71.8 Å². The van der Waals surface area contributed by atoms with E-state index < -0.39 is 36.9 Å². The zero-order valence-corrected chi connectivity index (χ0v) is 19.2. The summed E-state index contributed by atoms with van der Waals surface area (Å²) in [6, 6.07) is 8.80. The minimum atomic E-state index is -1.37. The van der Waals surface area contributed by atoms with Crippen LogP contribution in [0.25, 0.3) is 6.08 Å². The lowest BCUT2D eigenvalue weighted by molar-refractivity contribution is -0.140. The molecule has 0 bridgehead atoms. The molecule has 11 heteroatoms. The van der Waals surface area contributed by atoms with E-state index in [1.165, 1.54) is 42.5 Å². The van der Waals surface area contributed by atoms with Crippen LogP contribution in [-0.2, 0) is 14.3 Å². The molecule has 36 heavy (non-hydrogen) atoms. The summed E-state index contributed by atoms with van der Waals surface area (Å²) in [5.41, 5.74) is 5.82. The number of hydrogen-bond acceptors (Lipinski definition) is 9. The van der Waals surface area contributed by atoms with E-state index in [0.717, 1.165) is 0 Å². The fraction of sp³-hybridized carbons (Fsp3) is 0.200. The first-order valence-electron chi connectivity index (χ1n) is 10.6. The van der Waals surface area contributed by atoms with Crippen molar-refractivity contribution in [2.75, 3.05) is 33.0 Å². The van der Waals surface area contributed by atoms with Crippen LogP contribution in [0.4, 0.5) is 0 Å². The molecule has 0 fully saturated rings. The van der Waals surface area contributed by atoms with Crippen molar-refractivity contribution in [2.24, 2.45) is 5.73 Å². The summed E-state index contributed by atoms with van der Waals surface area (Å²) in [5.74, 6) is -3.52. The third-order valence-electron chi connectivity index (χ3n) is 4.29. The molecule has 0 aliphatic heterocycles. The lowest BCUT2D eigenvalue weighted by atomic mass is 10.1. The molecular weight excluding hydrogens is 474 g/mol. The van der Waals surface area contributed by atoms with Crippen LogP contribution in [0, 0.1) is 0 Å². The first kappa shape index (κ1) is 27.6. The Bertz CT molecular complexity index is 1160. The van der Waals surface area contributed by atoms with Gasteiger partial charge >= 0.3 is 17.9 Å². The molecule has 0 heterocycles. The first-order valence-corrected chi connectivity index (χ1v) is 10.6. The second-order valence-electron chi connectivity index (χ2n) is 7.00. The Morgan fingerprint density at radius 3 is 2.25 bits per heavy atom. The first-order chi connectivity index (χ1) is 17.2. The highest BCUT2D eigenvalue weighted by Crippen LogP contribution is 2.26. The van der Waals surface area contributed by atoms with Gasteiger partial charge in [-0.3, -0.25) is 4.79 Å². The predicted octanol–water partition coefficient (Wildman–Crippen LogP) is 2.19. The summed E-state index contributed by atoms with van der Waals surface area (Å²) in [5, 5.41) is 17.6. The number of benzene rings is 2. The number of allylic oxidation sites excluding steroid dienone is 1. The average Bonchev–Trinajstić information content (AvgIpc) is 2.86. The number of carbonyl (C=O) groups is 4. The van der Waals surface area contributed by atoms with Gasteiger partial charge in [0.25, 0.3) is 0 Å². The molecule has 2 aromatic rings. The maximum absolute atomic E-state index is 12.9. The standard InChI is InChI=1S/C25H25NO10/c1-2-10-34-21-8-5-17(33-11-9-26)13-18(21)20(27)6-3-16-4-7-22(35-14-23(28)29)19(12-16)25(32)36-15-24(30)31/h2-8,12-13H,1,9-11,14-15,26H2,(H,28,29)(H,30,31)/b6-3+. The van der Waals surface area contributed by atoms with Crippen molar-refractivity contribution < 1.29 is 48.3 Å². The van der Waals surface area contributed by atoms with Gasteiger partial charge in [0, 0.05) is 6.54 Å². The average molecular weight is 499 g/mol. The third kappa shape index (κ3) is 8.61. The number of ketones is 1. The van der Waals surface area contributed by atoms with Crippen LogP contribution in [0.15, 0.2) is 55.1 Å². The van der Waals surface area contributed by atoms with Crippen molar-refractivity contribution in [1.29, 1.82) is 0 Å². The molecule has 11 nitrogen and oxygen atoms in total. The highest BCUT2D eigenvalue weighted by Gasteiger charge is 2.18. The van der Waals surface area contributed by atoms with Gasteiger partial charge < -0.3 is 34.9 Å². The van der Waals surface area contributed by atoms with Crippen molar-refractivity contribution in [3.8, 4) is 17.2 Å². The number of carboxylic acid groups (broad SMARTS) is 2. The fourth-order valence-electron chi connectivity index (χ4n) is 2.79. The minimum Gasteiger partial charge on any atom is -0.492 e. The Morgan fingerprint density at radius 2 is 1.58 bits per heavy atom. The second kappa shape index (κ2) is 13.9. The maximum Gasteiger partial charge on any atom is 0.342 e. The summed E-state index contributed by atoms with van der Waals surface area (Å²) in [4.78, 5) is 46.8. The Kier molecular flexibility index (Phi) is 10.7. The molecule has 0 atom stereocenters. The molecule has 4 N–H and O–H groups in total. The number of ether oxygens (including phenoxy) is 4. The van der Waals surface area contributed by atoms with Gasteiger partial charge in [0.15, 0.2) is 19.0 Å². The number of nitrogens with two attached hydrogens (primary N) is 1. The minimum absolute atomic E-state index is 0.124. The summed E-state index contributed by atoms with van der Waals surface area (Å²) < 4.78 is 20.8. The van der Waals surface area contributed by atoms with Crippen LogP contribution in [0.3, 0.4) is 0 Å². The fourth-order valence-corrected chi connectivity index (χ4v) is 2.79. The predicted molar refractivity (Wildman–Crippen MR) is 128 cm³/mol. The van der Waals surface area contributed by atoms with Gasteiger partial charge in [0.05, 0.1) is 5.56 Å². The third-order valence-corrected chi connectivity index (χ3v) is 4.29. The lowest BCUT2D eigenvalue weighted by Gasteiger charge is -2.11. The maximum atomic E-state index is 12.9. The Balaban J connectivity index is 2.34. The monoisotopic (exact) mass is 499 g/mol. The largest absolute Gasteiger partial charge is 0.492 e. The van der Waals surface area contributed by atoms with Crippen molar-refractivity contribution >= 4 is 29.8 Å². The van der Waals surface area contributed by atoms with Crippen molar-refractivity contribution in [3.63, 3.8) is 0 Å². The van der Waals surface area contributed by atoms with E-state index in [4.69, 9.17) is 30.2 Å². The van der Waals surface area contributed by atoms with E-state index in [0.29, 0.717) is 23.6 Å². The molecule has 0 saturated heterocycles. The molecule has 0 aliphatic carbocycles. The quantitative estimate of drug-likeness (QED) is 0.142. The van der Waals surface area contributed by atoms with E-state index in [9.17, 15) is 19.2 Å². The van der Waals surface area contributed by atoms with E-state index in [-0.39, 0.29) is 30.1 Å². The molecule has 2 rings (SSSR count). The van der Waals surface area contributed by atoms with Crippen LogP contribution in [0.1, 0.15) is 26.3 Å². The molecule has 0 aromatic heterocycles. The molecule has 0 radical (unpaired) electrons. The van der Waals surface area contributed by atoms with Crippen LogP contribution in [0.5, 0.6) is 17.2 Å². The SMILES string of the molecule is C=CCOc1ccc(OCCN)cc1C(=O)/C=C/c1ccc(OCC(=O)O)c(C(=O)OCC(=O)O)c1. The van der Waals surface area contributed by atoms with E-state index in [2.05, 4.69) is 11.3 Å². The van der Waals surface area contributed by atoms with Crippen LogP contribution < -0.4 is 19.9 Å². The summed E-state index contributed by atoms with van der Waals surface area (Å²) in [7, 11) is 0. The molecule has 0 saturated carbocycles. The molecule has 2 aromatic carbocycles. The Morgan fingerprint density at radius 1 is 0.889 bits per heavy atom. The van der Waals surface area contributed by atoms with Gasteiger partial charge in [-0.05, 0) is 42.0 Å². The lowest BCUT2D eigenvalue weighted by Crippen LogP contribution is -2.16. The smallest absolute Gasteiger partial charge is 0.342 e. The number of carboxylic acids is 2. The number of aliphatic carboxylic acids is 2. The van der Waals surface area contributed by atoms with Crippen molar-refractivity contribution in [2.45, 2.75) is 0 Å². The van der Waals surface area contributed by atoms with Crippen LogP contribution >= 0.6 is 0 Å². The number of esters is 1. The van der Waals surface area contributed by atoms with Crippen molar-refractivity contribution in [1.82, 2.24) is 0 Å². The molecule has 0 spiro atoms. The van der Waals surface area contributed by atoms with Gasteiger partial charge in [-0.25, -0.2) is 14.4 Å². The number of rotatable bonds is 15. The molecule has 190 valence electrons. The molecule has 0 amide bonds.